The second kappa shape index (κ2) is 6.84. The number of nitrogens with zero attached hydrogens (tertiary/aromatic N) is 4. The highest BCUT2D eigenvalue weighted by Crippen LogP contribution is 2.22. The zero-order valence-electron chi connectivity index (χ0n) is 13.1. The number of imidazole rings is 1. The predicted octanol–water partition coefficient (Wildman–Crippen LogP) is 3.37. The van der Waals surface area contributed by atoms with E-state index < -0.39 is 5.82 Å². The average molecular weight is 322 g/mol. The van der Waals surface area contributed by atoms with Crippen molar-refractivity contribution in [2.24, 2.45) is 0 Å². The van der Waals surface area contributed by atoms with Crippen LogP contribution >= 0.6 is 0 Å². The molecule has 0 fully saturated rings. The van der Waals surface area contributed by atoms with E-state index in [-0.39, 0.29) is 5.75 Å². The van der Waals surface area contributed by atoms with Crippen LogP contribution in [-0.2, 0) is 6.54 Å². The first-order valence-electron chi connectivity index (χ1n) is 7.29. The van der Waals surface area contributed by atoms with E-state index in [1.54, 1.807) is 36.9 Å². The highest BCUT2D eigenvalue weighted by Gasteiger charge is 2.11. The Bertz CT molecular complexity index is 854. The lowest BCUT2D eigenvalue weighted by Gasteiger charge is -2.25. The number of halogens is 1. The Morgan fingerprint density at radius 2 is 2.04 bits per heavy atom. The van der Waals surface area contributed by atoms with Gasteiger partial charge in [0.2, 0.25) is 0 Å². The molecule has 0 unspecified atom stereocenters. The minimum atomic E-state index is -0.402. The van der Waals surface area contributed by atoms with Crippen molar-refractivity contribution in [3.8, 4) is 11.8 Å². The fourth-order valence-corrected chi connectivity index (χ4v) is 2.39. The average Bonchev–Trinajstić information content (AvgIpc) is 3.14. The number of ether oxygens (including phenoxy) is 1. The summed E-state index contributed by atoms with van der Waals surface area (Å²) in [4.78, 5) is 4.06. The van der Waals surface area contributed by atoms with Crippen LogP contribution < -0.4 is 9.75 Å². The molecule has 0 aliphatic heterocycles. The van der Waals surface area contributed by atoms with Gasteiger partial charge >= 0.3 is 0 Å². The summed E-state index contributed by atoms with van der Waals surface area (Å²) in [5, 5.41) is 10.9. The molecule has 0 N–H and O–H groups in total. The molecule has 0 spiro atoms. The number of nitriles is 1. The molecule has 0 aliphatic rings. The van der Waals surface area contributed by atoms with Crippen LogP contribution in [0.2, 0.25) is 0 Å². The maximum Gasteiger partial charge on any atom is 0.165 e. The molecule has 0 bridgehead atoms. The Kier molecular flexibility index (Phi) is 4.43. The molecule has 1 aromatic heterocycles. The summed E-state index contributed by atoms with van der Waals surface area (Å²) in [7, 11) is 1.44. The summed E-state index contributed by atoms with van der Waals surface area (Å²) in [5.41, 5.74) is 2.23. The lowest BCUT2D eigenvalue weighted by Crippen LogP contribution is -2.27. The first-order chi connectivity index (χ1) is 11.7. The molecular weight excluding hydrogens is 307 g/mol. The van der Waals surface area contributed by atoms with Gasteiger partial charge in [-0.15, -0.1) is 0 Å². The van der Waals surface area contributed by atoms with Crippen molar-refractivity contribution in [1.29, 1.82) is 5.26 Å². The summed E-state index contributed by atoms with van der Waals surface area (Å²) in [6.45, 7) is 0.434. The van der Waals surface area contributed by atoms with Crippen LogP contribution in [0.15, 0.2) is 61.2 Å². The maximum absolute atomic E-state index is 13.9. The van der Waals surface area contributed by atoms with Gasteiger partial charge in [-0.1, -0.05) is 6.07 Å². The Hall–Kier alpha value is -3.33. The van der Waals surface area contributed by atoms with E-state index in [4.69, 9.17) is 10.00 Å². The van der Waals surface area contributed by atoms with E-state index in [0.29, 0.717) is 12.1 Å². The molecule has 5 nitrogen and oxygen atoms in total. The Balaban J connectivity index is 1.93. The Labute approximate surface area is 139 Å². The van der Waals surface area contributed by atoms with E-state index in [9.17, 15) is 4.39 Å². The summed E-state index contributed by atoms with van der Waals surface area (Å²) in [6, 6.07) is 14.1. The molecule has 3 aromatic rings. The smallest absolute Gasteiger partial charge is 0.165 e. The largest absolute Gasteiger partial charge is 0.494 e. The molecule has 24 heavy (non-hydrogen) atoms. The normalized spacial score (nSPS) is 10.2. The number of benzene rings is 2. The van der Waals surface area contributed by atoms with Gasteiger partial charge < -0.3 is 4.74 Å². The molecule has 6 heteroatoms. The minimum Gasteiger partial charge on any atom is -0.494 e. The standard InChI is InChI=1S/C18H15FN4O/c1-24-18-7-4-15(10-17(18)19)12-23(22-9-8-21-13-22)16-5-2-14(11-20)3-6-16/h2-10,13H,12H2,1H3. The maximum atomic E-state index is 13.9. The van der Waals surface area contributed by atoms with E-state index in [1.807, 2.05) is 27.9 Å². The van der Waals surface area contributed by atoms with Gasteiger partial charge in [0.1, 0.15) is 6.33 Å². The number of aromatic nitrogens is 2. The molecule has 2 aromatic carbocycles. The number of rotatable bonds is 5. The SMILES string of the molecule is COc1ccc(CN(c2ccc(C#N)cc2)n2ccnc2)cc1F. The van der Waals surface area contributed by atoms with Crippen molar-refractivity contribution in [2.75, 3.05) is 12.1 Å². The summed E-state index contributed by atoms with van der Waals surface area (Å²) in [6.07, 6.45) is 5.14. The van der Waals surface area contributed by atoms with Gasteiger partial charge in [-0.3, -0.25) is 5.01 Å². The van der Waals surface area contributed by atoms with Gasteiger partial charge in [0.25, 0.3) is 0 Å². The summed E-state index contributed by atoms with van der Waals surface area (Å²) < 4.78 is 20.7. The van der Waals surface area contributed by atoms with Crippen molar-refractivity contribution >= 4 is 5.69 Å². The quantitative estimate of drug-likeness (QED) is 0.723. The highest BCUT2D eigenvalue weighted by molar-refractivity contribution is 5.50. The zero-order valence-corrected chi connectivity index (χ0v) is 13.1. The van der Waals surface area contributed by atoms with Crippen molar-refractivity contribution in [2.45, 2.75) is 6.54 Å². The minimum absolute atomic E-state index is 0.214. The van der Waals surface area contributed by atoms with Gasteiger partial charge in [-0.05, 0) is 42.0 Å². The van der Waals surface area contributed by atoms with Gasteiger partial charge in [-0.25, -0.2) is 14.1 Å². The second-order valence-corrected chi connectivity index (χ2v) is 5.13. The molecule has 0 aliphatic carbocycles. The van der Waals surface area contributed by atoms with Gasteiger partial charge in [0.15, 0.2) is 11.6 Å². The van der Waals surface area contributed by atoms with E-state index in [2.05, 4.69) is 11.1 Å². The molecule has 0 radical (unpaired) electrons. The number of hydrogen-bond donors (Lipinski definition) is 0. The fraction of sp³-hybridized carbons (Fsp3) is 0.111. The molecule has 0 saturated heterocycles. The third-order valence-corrected chi connectivity index (χ3v) is 3.61. The van der Waals surface area contributed by atoms with Crippen LogP contribution in [0.3, 0.4) is 0 Å². The highest BCUT2D eigenvalue weighted by atomic mass is 19.1. The van der Waals surface area contributed by atoms with E-state index >= 15 is 0 Å². The number of anilines is 1. The Morgan fingerprint density at radius 1 is 1.25 bits per heavy atom. The molecular formula is C18H15FN4O. The Morgan fingerprint density at radius 3 is 2.62 bits per heavy atom. The monoisotopic (exact) mass is 322 g/mol. The van der Waals surface area contributed by atoms with E-state index in [1.165, 1.54) is 13.2 Å². The lowest BCUT2D eigenvalue weighted by atomic mass is 10.2. The topological polar surface area (TPSA) is 54.1 Å². The third kappa shape index (κ3) is 3.20. The van der Waals surface area contributed by atoms with Crippen molar-refractivity contribution < 1.29 is 9.13 Å². The molecule has 0 atom stereocenters. The third-order valence-electron chi connectivity index (χ3n) is 3.61. The predicted molar refractivity (Wildman–Crippen MR) is 87.9 cm³/mol. The van der Waals surface area contributed by atoms with Crippen LogP contribution in [0.1, 0.15) is 11.1 Å². The molecule has 3 rings (SSSR count). The van der Waals surface area contributed by atoms with Crippen LogP contribution in [0.5, 0.6) is 5.75 Å². The molecule has 1 heterocycles. The van der Waals surface area contributed by atoms with Crippen molar-refractivity contribution in [3.63, 3.8) is 0 Å². The summed E-state index contributed by atoms with van der Waals surface area (Å²) in [5.74, 6) is -0.188. The van der Waals surface area contributed by atoms with Gasteiger partial charge in [0.05, 0.1) is 31.0 Å². The van der Waals surface area contributed by atoms with Crippen LogP contribution in [0.25, 0.3) is 0 Å². The zero-order chi connectivity index (χ0) is 16.9. The van der Waals surface area contributed by atoms with Gasteiger partial charge in [-0.2, -0.15) is 5.26 Å². The van der Waals surface area contributed by atoms with Gasteiger partial charge in [0, 0.05) is 12.4 Å². The number of methoxy groups -OCH3 is 1. The van der Waals surface area contributed by atoms with Crippen LogP contribution in [-0.4, -0.2) is 16.8 Å². The van der Waals surface area contributed by atoms with Crippen LogP contribution in [0.4, 0.5) is 10.1 Å². The second-order valence-electron chi connectivity index (χ2n) is 5.13. The molecule has 0 amide bonds. The van der Waals surface area contributed by atoms with Crippen molar-refractivity contribution in [1.82, 2.24) is 9.66 Å². The first-order valence-corrected chi connectivity index (χ1v) is 7.29. The van der Waals surface area contributed by atoms with Crippen molar-refractivity contribution in [3.05, 3.63) is 78.1 Å². The molecule has 120 valence electrons. The van der Waals surface area contributed by atoms with Crippen LogP contribution in [0, 0.1) is 17.1 Å². The summed E-state index contributed by atoms with van der Waals surface area (Å²) >= 11 is 0. The molecule has 0 saturated carbocycles. The number of hydrogen-bond acceptors (Lipinski definition) is 4. The first kappa shape index (κ1) is 15.6. The lowest BCUT2D eigenvalue weighted by molar-refractivity contribution is 0.386. The fourth-order valence-electron chi connectivity index (χ4n) is 2.39. The van der Waals surface area contributed by atoms with E-state index in [0.717, 1.165) is 11.3 Å².